The van der Waals surface area contributed by atoms with Crippen molar-refractivity contribution in [2.45, 2.75) is 32.6 Å². The highest BCUT2D eigenvalue weighted by atomic mass is 16.5. The number of unbranched alkanes of at least 4 members (excludes halogenated alkanes) is 2. The highest BCUT2D eigenvalue weighted by Gasteiger charge is 2.08. The van der Waals surface area contributed by atoms with Gasteiger partial charge in [0.05, 0.1) is 13.7 Å². The van der Waals surface area contributed by atoms with Crippen LogP contribution in [0.3, 0.4) is 0 Å². The van der Waals surface area contributed by atoms with Gasteiger partial charge in [-0.1, -0.05) is 30.3 Å². The first-order chi connectivity index (χ1) is 11.2. The maximum atomic E-state index is 11.5. The topological polar surface area (TPSA) is 35.5 Å². The summed E-state index contributed by atoms with van der Waals surface area (Å²) in [4.78, 5) is 11.5. The molecule has 0 saturated heterocycles. The van der Waals surface area contributed by atoms with Crippen LogP contribution in [0.15, 0.2) is 48.5 Å². The zero-order valence-electron chi connectivity index (χ0n) is 13.9. The minimum Gasteiger partial charge on any atom is -0.493 e. The molecule has 0 spiro atoms. The number of hydrogen-bond donors (Lipinski definition) is 0. The first kappa shape index (κ1) is 17.1. The number of benzene rings is 2. The number of hydrogen-bond acceptors (Lipinski definition) is 3. The van der Waals surface area contributed by atoms with Gasteiger partial charge in [-0.2, -0.15) is 0 Å². The molecule has 0 N–H and O–H groups in total. The Kier molecular flexibility index (Phi) is 6.67. The van der Waals surface area contributed by atoms with Gasteiger partial charge in [0.15, 0.2) is 17.3 Å². The van der Waals surface area contributed by atoms with Gasteiger partial charge in [0.2, 0.25) is 0 Å². The van der Waals surface area contributed by atoms with Crippen LogP contribution in [0.2, 0.25) is 0 Å². The molecule has 0 heterocycles. The smallest absolute Gasteiger partial charge is 0.161 e. The van der Waals surface area contributed by atoms with E-state index >= 15 is 0 Å². The van der Waals surface area contributed by atoms with Gasteiger partial charge in [0.25, 0.3) is 0 Å². The number of rotatable bonds is 9. The molecule has 0 saturated carbocycles. The molecule has 0 aliphatic rings. The van der Waals surface area contributed by atoms with Crippen molar-refractivity contribution in [2.24, 2.45) is 0 Å². The van der Waals surface area contributed by atoms with Crippen molar-refractivity contribution in [3.05, 3.63) is 59.7 Å². The highest BCUT2D eigenvalue weighted by molar-refractivity contribution is 5.94. The van der Waals surface area contributed by atoms with Crippen LogP contribution in [0.4, 0.5) is 0 Å². The van der Waals surface area contributed by atoms with E-state index in [9.17, 15) is 4.79 Å². The fourth-order valence-electron chi connectivity index (χ4n) is 2.44. The minimum absolute atomic E-state index is 0.0281. The van der Waals surface area contributed by atoms with Crippen molar-refractivity contribution in [3.8, 4) is 11.5 Å². The van der Waals surface area contributed by atoms with Gasteiger partial charge in [0, 0.05) is 5.56 Å². The van der Waals surface area contributed by atoms with Crippen LogP contribution >= 0.6 is 0 Å². The van der Waals surface area contributed by atoms with Gasteiger partial charge in [-0.15, -0.1) is 0 Å². The number of carbonyl (C=O) groups excluding carboxylic acids is 1. The van der Waals surface area contributed by atoms with Gasteiger partial charge in [-0.05, 0) is 56.4 Å². The molecular weight excluding hydrogens is 288 g/mol. The third kappa shape index (κ3) is 5.44. The largest absolute Gasteiger partial charge is 0.493 e. The average Bonchev–Trinajstić information content (AvgIpc) is 2.58. The summed E-state index contributed by atoms with van der Waals surface area (Å²) < 4.78 is 11.1. The Morgan fingerprint density at radius 2 is 1.74 bits per heavy atom. The van der Waals surface area contributed by atoms with Crippen LogP contribution in [-0.4, -0.2) is 19.5 Å². The van der Waals surface area contributed by atoms with Crippen molar-refractivity contribution in [2.75, 3.05) is 13.7 Å². The van der Waals surface area contributed by atoms with Gasteiger partial charge in [-0.25, -0.2) is 0 Å². The van der Waals surface area contributed by atoms with Crippen molar-refractivity contribution in [1.29, 1.82) is 0 Å². The third-order valence-electron chi connectivity index (χ3n) is 3.78. The van der Waals surface area contributed by atoms with Crippen LogP contribution in [0.5, 0.6) is 11.5 Å². The predicted octanol–water partition coefficient (Wildman–Crippen LogP) is 4.69. The molecule has 3 heteroatoms. The minimum atomic E-state index is 0.0281. The van der Waals surface area contributed by atoms with Gasteiger partial charge in [-0.3, -0.25) is 4.79 Å². The third-order valence-corrected chi connectivity index (χ3v) is 3.78. The zero-order valence-corrected chi connectivity index (χ0v) is 13.9. The van der Waals surface area contributed by atoms with Crippen molar-refractivity contribution in [3.63, 3.8) is 0 Å². The second-order valence-corrected chi connectivity index (χ2v) is 5.57. The van der Waals surface area contributed by atoms with E-state index in [1.165, 1.54) is 5.56 Å². The molecule has 2 aromatic rings. The summed E-state index contributed by atoms with van der Waals surface area (Å²) in [6.45, 7) is 2.18. The Morgan fingerprint density at radius 3 is 2.43 bits per heavy atom. The maximum absolute atomic E-state index is 11.5. The summed E-state index contributed by atoms with van der Waals surface area (Å²) in [5, 5.41) is 0. The fraction of sp³-hybridized carbons (Fsp3) is 0.350. The molecule has 0 radical (unpaired) electrons. The van der Waals surface area contributed by atoms with E-state index in [1.807, 2.05) is 6.07 Å². The monoisotopic (exact) mass is 312 g/mol. The van der Waals surface area contributed by atoms with Gasteiger partial charge < -0.3 is 9.47 Å². The standard InChI is InChI=1S/C20H24O3/c1-16(21)18-12-13-19(22-2)20(15-18)23-14-8-4-7-11-17-9-5-3-6-10-17/h3,5-6,9-10,12-13,15H,4,7-8,11,14H2,1-2H3. The summed E-state index contributed by atoms with van der Waals surface area (Å²) in [7, 11) is 1.61. The SMILES string of the molecule is COc1ccc(C(C)=O)cc1OCCCCCc1ccccc1. The second kappa shape index (κ2) is 8.99. The molecule has 0 unspecified atom stereocenters. The van der Waals surface area contributed by atoms with Crippen molar-refractivity contribution < 1.29 is 14.3 Å². The Labute approximate surface area is 138 Å². The van der Waals surface area contributed by atoms with E-state index in [0.717, 1.165) is 25.7 Å². The molecule has 0 aliphatic heterocycles. The molecule has 2 aromatic carbocycles. The molecule has 0 amide bonds. The van der Waals surface area contributed by atoms with Crippen LogP contribution in [0, 0.1) is 0 Å². The molecule has 0 bridgehead atoms. The molecule has 23 heavy (non-hydrogen) atoms. The number of aryl methyl sites for hydroxylation is 1. The van der Waals surface area contributed by atoms with Crippen LogP contribution in [0.25, 0.3) is 0 Å². The predicted molar refractivity (Wildman–Crippen MR) is 92.5 cm³/mol. The Balaban J connectivity index is 1.75. The summed E-state index contributed by atoms with van der Waals surface area (Å²) in [5.41, 5.74) is 2.02. The molecular formula is C20H24O3. The summed E-state index contributed by atoms with van der Waals surface area (Å²) in [6, 6.07) is 15.8. The molecule has 0 aliphatic carbocycles. The highest BCUT2D eigenvalue weighted by Crippen LogP contribution is 2.28. The van der Waals surface area contributed by atoms with E-state index in [0.29, 0.717) is 23.7 Å². The summed E-state index contributed by atoms with van der Waals surface area (Å²) >= 11 is 0. The zero-order chi connectivity index (χ0) is 16.5. The molecule has 0 atom stereocenters. The Morgan fingerprint density at radius 1 is 0.957 bits per heavy atom. The van der Waals surface area contributed by atoms with E-state index in [1.54, 1.807) is 32.2 Å². The fourth-order valence-corrected chi connectivity index (χ4v) is 2.44. The number of methoxy groups -OCH3 is 1. The Bertz CT molecular complexity index is 620. The number of ether oxygens (including phenoxy) is 2. The number of Topliss-reactive ketones (excluding diaryl/α,β-unsaturated/α-hetero) is 1. The summed E-state index contributed by atoms with van der Waals surface area (Å²) in [6.07, 6.45) is 4.35. The lowest BCUT2D eigenvalue weighted by Crippen LogP contribution is -2.01. The molecule has 122 valence electrons. The van der Waals surface area contributed by atoms with Crippen molar-refractivity contribution >= 4 is 5.78 Å². The number of ketones is 1. The van der Waals surface area contributed by atoms with E-state index < -0.39 is 0 Å². The molecule has 3 nitrogen and oxygen atoms in total. The lowest BCUT2D eigenvalue weighted by Gasteiger charge is -2.11. The van der Waals surface area contributed by atoms with Crippen LogP contribution in [-0.2, 0) is 6.42 Å². The summed E-state index contributed by atoms with van der Waals surface area (Å²) in [5.74, 6) is 1.34. The first-order valence-electron chi connectivity index (χ1n) is 8.06. The van der Waals surface area contributed by atoms with Crippen LogP contribution < -0.4 is 9.47 Å². The Hall–Kier alpha value is -2.29. The lowest BCUT2D eigenvalue weighted by molar-refractivity contribution is 0.101. The van der Waals surface area contributed by atoms with E-state index in [-0.39, 0.29) is 5.78 Å². The number of carbonyl (C=O) groups is 1. The average molecular weight is 312 g/mol. The van der Waals surface area contributed by atoms with E-state index in [4.69, 9.17) is 9.47 Å². The normalized spacial score (nSPS) is 10.3. The quantitative estimate of drug-likeness (QED) is 0.498. The van der Waals surface area contributed by atoms with E-state index in [2.05, 4.69) is 24.3 Å². The van der Waals surface area contributed by atoms with Gasteiger partial charge in [0.1, 0.15) is 0 Å². The second-order valence-electron chi connectivity index (χ2n) is 5.57. The van der Waals surface area contributed by atoms with Gasteiger partial charge >= 0.3 is 0 Å². The lowest BCUT2D eigenvalue weighted by atomic mass is 10.1. The molecule has 0 fully saturated rings. The molecule has 0 aromatic heterocycles. The molecule has 2 rings (SSSR count). The van der Waals surface area contributed by atoms with Crippen molar-refractivity contribution in [1.82, 2.24) is 0 Å². The van der Waals surface area contributed by atoms with Crippen LogP contribution in [0.1, 0.15) is 42.1 Å². The maximum Gasteiger partial charge on any atom is 0.161 e. The first-order valence-corrected chi connectivity index (χ1v) is 8.06.